The van der Waals surface area contributed by atoms with E-state index in [1.165, 1.54) is 0 Å². The molecule has 17 heavy (non-hydrogen) atoms. The second-order valence-electron chi connectivity index (χ2n) is 5.51. The van der Waals surface area contributed by atoms with Crippen molar-refractivity contribution in [1.29, 1.82) is 0 Å². The Kier molecular flexibility index (Phi) is 7.83. The summed E-state index contributed by atoms with van der Waals surface area (Å²) in [6.07, 6.45) is 3.18. The van der Waals surface area contributed by atoms with Crippen LogP contribution in [0.4, 0.5) is 0 Å². The van der Waals surface area contributed by atoms with Gasteiger partial charge in [-0.2, -0.15) is 0 Å². The normalized spacial score (nSPS) is 13.0. The molecule has 1 atom stereocenters. The van der Waals surface area contributed by atoms with Crippen molar-refractivity contribution in [3.8, 4) is 0 Å². The van der Waals surface area contributed by atoms with Gasteiger partial charge in [0.1, 0.15) is 0 Å². The molecular weight excluding hydrogens is 323 g/mol. The van der Waals surface area contributed by atoms with Crippen molar-refractivity contribution in [3.05, 3.63) is 0 Å². The van der Waals surface area contributed by atoms with Gasteiger partial charge < -0.3 is 0 Å². The van der Waals surface area contributed by atoms with Gasteiger partial charge in [0.25, 0.3) is 0 Å². The summed E-state index contributed by atoms with van der Waals surface area (Å²) in [5.74, 6) is -0.207. The van der Waals surface area contributed by atoms with Crippen LogP contribution >= 0.6 is 0 Å². The second kappa shape index (κ2) is 7.95. The summed E-state index contributed by atoms with van der Waals surface area (Å²) in [6, 6.07) is 0. The molecule has 0 bridgehead atoms. The first kappa shape index (κ1) is 16.7. The summed E-state index contributed by atoms with van der Waals surface area (Å²) < 4.78 is 0.549. The third kappa shape index (κ3) is 7.62. The van der Waals surface area contributed by atoms with Crippen LogP contribution in [-0.2, 0) is 9.59 Å². The van der Waals surface area contributed by atoms with Crippen LogP contribution in [0.2, 0.25) is 18.8 Å². The number of hydrazine groups is 1. The first-order valence-corrected chi connectivity index (χ1v) is 16.6. The third-order valence-corrected chi connectivity index (χ3v) is 11.4. The van der Waals surface area contributed by atoms with Gasteiger partial charge in [0.05, 0.1) is 0 Å². The van der Waals surface area contributed by atoms with E-state index in [0.717, 1.165) is 12.8 Å². The Hall–Kier alpha value is -0.261. The fourth-order valence-electron chi connectivity index (χ4n) is 1.69. The number of hydrogen-bond donors (Lipinski definition) is 2. The molecule has 0 aliphatic heterocycles. The average Bonchev–Trinajstić information content (AvgIpc) is 2.24. The maximum atomic E-state index is 11.7. The second-order valence-corrected chi connectivity index (χ2v) is 21.3. The molecule has 0 spiro atoms. The van der Waals surface area contributed by atoms with E-state index in [2.05, 4.69) is 32.6 Å². The Morgan fingerprint density at radius 3 is 2.00 bits per heavy atom. The van der Waals surface area contributed by atoms with E-state index in [1.807, 2.05) is 0 Å². The van der Waals surface area contributed by atoms with Crippen molar-refractivity contribution in [1.82, 2.24) is 10.9 Å². The average molecular weight is 349 g/mol. The molecule has 5 heteroatoms. The number of carbonyl (C=O) groups excluding carboxylic acids is 2. The van der Waals surface area contributed by atoms with Gasteiger partial charge in [-0.25, -0.2) is 0 Å². The predicted molar refractivity (Wildman–Crippen MR) is 73.2 cm³/mol. The molecule has 4 nitrogen and oxygen atoms in total. The quantitative estimate of drug-likeness (QED) is 0.572. The summed E-state index contributed by atoms with van der Waals surface area (Å²) in [5, 5.41) is 0. The molecule has 0 aliphatic carbocycles. The van der Waals surface area contributed by atoms with Crippen LogP contribution < -0.4 is 10.9 Å². The molecule has 1 unspecified atom stereocenters. The molecule has 0 fully saturated rings. The van der Waals surface area contributed by atoms with Crippen molar-refractivity contribution in [3.63, 3.8) is 0 Å². The molecular formula is C12H26N2O2Sn. The summed E-state index contributed by atoms with van der Waals surface area (Å²) >= 11 is -2.04. The molecule has 2 N–H and O–H groups in total. The van der Waals surface area contributed by atoms with Gasteiger partial charge in [-0.05, 0) is 0 Å². The molecule has 0 rings (SSSR count). The van der Waals surface area contributed by atoms with Crippen LogP contribution in [0.15, 0.2) is 0 Å². The maximum absolute atomic E-state index is 11.7. The van der Waals surface area contributed by atoms with Gasteiger partial charge in [0, 0.05) is 0 Å². The van der Waals surface area contributed by atoms with Gasteiger partial charge in [0.2, 0.25) is 0 Å². The zero-order valence-electron chi connectivity index (χ0n) is 11.7. The van der Waals surface area contributed by atoms with E-state index in [4.69, 9.17) is 0 Å². The van der Waals surface area contributed by atoms with Crippen LogP contribution in [0.1, 0.15) is 39.5 Å². The Labute approximate surface area is 109 Å². The molecule has 0 saturated heterocycles. The Morgan fingerprint density at radius 2 is 1.59 bits per heavy atom. The van der Waals surface area contributed by atoms with E-state index >= 15 is 0 Å². The zero-order chi connectivity index (χ0) is 13.5. The van der Waals surface area contributed by atoms with E-state index < -0.39 is 18.4 Å². The standard InChI is InChI=1S/C9H17N2O2.3CH3.Sn/c1-3-5-6-7-9(13)11-10-8(12)4-2;;;;/h6H,3-5,7H2,1-2H3,(H,10,12)(H,11,13);3*1H3;. The van der Waals surface area contributed by atoms with Gasteiger partial charge in [-0.15, -0.1) is 0 Å². The van der Waals surface area contributed by atoms with E-state index in [0.29, 0.717) is 16.8 Å². The fraction of sp³-hybridized carbons (Fsp3) is 0.833. The Morgan fingerprint density at radius 1 is 1.06 bits per heavy atom. The number of hydrogen-bond acceptors (Lipinski definition) is 2. The SMILES string of the molecule is CCC[CH](CC(=O)NNC(=O)CC)[Sn]([CH3])([CH3])[CH3]. The third-order valence-electron chi connectivity index (χ3n) is 2.96. The van der Waals surface area contributed by atoms with Gasteiger partial charge in [-0.1, -0.05) is 0 Å². The first-order chi connectivity index (χ1) is 7.81. The molecule has 0 aliphatic rings. The molecule has 2 amide bonds. The minimum absolute atomic E-state index is 0.0584. The monoisotopic (exact) mass is 350 g/mol. The van der Waals surface area contributed by atoms with Crippen LogP contribution in [0.5, 0.6) is 0 Å². The van der Waals surface area contributed by atoms with Crippen molar-refractivity contribution in [2.24, 2.45) is 0 Å². The number of nitrogens with one attached hydrogen (secondary N) is 2. The van der Waals surface area contributed by atoms with Crippen molar-refractivity contribution in [2.45, 2.75) is 58.3 Å². The van der Waals surface area contributed by atoms with Crippen LogP contribution in [-0.4, -0.2) is 30.2 Å². The van der Waals surface area contributed by atoms with Crippen molar-refractivity contribution >= 4 is 30.2 Å². The van der Waals surface area contributed by atoms with E-state index in [9.17, 15) is 9.59 Å². The van der Waals surface area contributed by atoms with Crippen molar-refractivity contribution < 1.29 is 9.59 Å². The number of carbonyl (C=O) groups is 2. The number of rotatable bonds is 6. The minimum atomic E-state index is -2.04. The summed E-state index contributed by atoms with van der Waals surface area (Å²) in [5.41, 5.74) is 4.91. The first-order valence-electron chi connectivity index (χ1n) is 6.38. The molecule has 100 valence electrons. The topological polar surface area (TPSA) is 58.2 Å². The Balaban J connectivity index is 4.18. The van der Waals surface area contributed by atoms with Crippen LogP contribution in [0.3, 0.4) is 0 Å². The zero-order valence-corrected chi connectivity index (χ0v) is 14.6. The molecule has 0 aromatic heterocycles. The summed E-state index contributed by atoms with van der Waals surface area (Å²) in [6.45, 7) is 3.91. The van der Waals surface area contributed by atoms with Crippen LogP contribution in [0, 0.1) is 0 Å². The molecule has 0 saturated carbocycles. The summed E-state index contributed by atoms with van der Waals surface area (Å²) in [7, 11) is 0. The Bertz CT molecular complexity index is 262. The van der Waals surface area contributed by atoms with E-state index in [1.54, 1.807) is 6.92 Å². The van der Waals surface area contributed by atoms with Gasteiger partial charge in [0.15, 0.2) is 0 Å². The van der Waals surface area contributed by atoms with Gasteiger partial charge >= 0.3 is 109 Å². The van der Waals surface area contributed by atoms with E-state index in [-0.39, 0.29) is 11.8 Å². The van der Waals surface area contributed by atoms with Crippen LogP contribution in [0.25, 0.3) is 0 Å². The van der Waals surface area contributed by atoms with Gasteiger partial charge in [-0.3, -0.25) is 0 Å². The molecule has 0 radical (unpaired) electrons. The van der Waals surface area contributed by atoms with Crippen molar-refractivity contribution in [2.75, 3.05) is 0 Å². The molecule has 0 heterocycles. The predicted octanol–water partition coefficient (Wildman–Crippen LogP) is 2.44. The summed E-state index contributed by atoms with van der Waals surface area (Å²) in [4.78, 5) is 29.8. The number of amides is 2. The fourth-order valence-corrected chi connectivity index (χ4v) is 7.26. The molecule has 0 aromatic rings. The molecule has 0 aromatic carbocycles.